The van der Waals surface area contributed by atoms with E-state index in [4.69, 9.17) is 4.74 Å². The number of anilines is 1. The van der Waals surface area contributed by atoms with Gasteiger partial charge in [0.25, 0.3) is 0 Å². The van der Waals surface area contributed by atoms with Crippen molar-refractivity contribution in [1.82, 2.24) is 30.4 Å². The molecule has 11 heteroatoms. The molecule has 3 heterocycles. The molecule has 1 atom stereocenters. The van der Waals surface area contributed by atoms with Gasteiger partial charge < -0.3 is 25.5 Å². The number of hydrogen-bond acceptors (Lipinski definition) is 9. The Morgan fingerprint density at radius 2 is 1.79 bits per heavy atom. The third-order valence-corrected chi connectivity index (χ3v) is 7.76. The van der Waals surface area contributed by atoms with Gasteiger partial charge >= 0.3 is 0 Å². The van der Waals surface area contributed by atoms with Gasteiger partial charge in [-0.15, -0.1) is 0 Å². The second-order valence-corrected chi connectivity index (χ2v) is 11.7. The van der Waals surface area contributed by atoms with Gasteiger partial charge in [0.15, 0.2) is 6.29 Å². The Morgan fingerprint density at radius 3 is 2.48 bits per heavy atom. The molecule has 1 aromatic carbocycles. The van der Waals surface area contributed by atoms with Gasteiger partial charge in [-0.3, -0.25) is 19.3 Å². The minimum Gasteiger partial charge on any atom is -0.377 e. The molecule has 3 aromatic heterocycles. The average Bonchev–Trinajstić information content (AvgIpc) is 3.68. The lowest BCUT2D eigenvalue weighted by atomic mass is 10.1. The number of aryl methyl sites for hydroxylation is 3. The van der Waals surface area contributed by atoms with Crippen molar-refractivity contribution in [2.45, 2.75) is 46.0 Å². The maximum absolute atomic E-state index is 12.6. The van der Waals surface area contributed by atoms with E-state index in [2.05, 4.69) is 57.0 Å². The van der Waals surface area contributed by atoms with Crippen LogP contribution in [0.5, 0.6) is 0 Å². The Bertz CT molecular complexity index is 1630. The fourth-order valence-electron chi connectivity index (χ4n) is 5.42. The van der Waals surface area contributed by atoms with E-state index in [0.717, 1.165) is 48.8 Å². The number of aromatic nitrogens is 4. The van der Waals surface area contributed by atoms with E-state index in [-0.39, 0.29) is 11.8 Å². The van der Waals surface area contributed by atoms with E-state index in [0.29, 0.717) is 37.5 Å². The zero-order chi connectivity index (χ0) is 34.7. The Kier molecular flexibility index (Phi) is 16.3. The van der Waals surface area contributed by atoms with Crippen molar-refractivity contribution in [3.63, 3.8) is 0 Å². The Morgan fingerprint density at radius 1 is 0.979 bits per heavy atom. The monoisotopic (exact) mass is 655 g/mol. The van der Waals surface area contributed by atoms with Crippen LogP contribution in [0.1, 0.15) is 57.6 Å². The number of benzene rings is 1. The van der Waals surface area contributed by atoms with Gasteiger partial charge in [0, 0.05) is 37.4 Å². The Labute approximate surface area is 283 Å². The van der Waals surface area contributed by atoms with E-state index < -0.39 is 0 Å². The molecule has 0 fully saturated rings. The van der Waals surface area contributed by atoms with Gasteiger partial charge in [0.1, 0.15) is 17.8 Å². The van der Waals surface area contributed by atoms with Crippen LogP contribution in [0.25, 0.3) is 17.0 Å². The van der Waals surface area contributed by atoms with Gasteiger partial charge in [-0.1, -0.05) is 23.8 Å². The summed E-state index contributed by atoms with van der Waals surface area (Å²) in [6.45, 7) is 7.09. The lowest BCUT2D eigenvalue weighted by Gasteiger charge is -2.09. The molecule has 4 aromatic rings. The van der Waals surface area contributed by atoms with Crippen LogP contribution in [0.3, 0.4) is 0 Å². The third-order valence-electron chi connectivity index (χ3n) is 7.76. The average molecular weight is 656 g/mol. The Hall–Kier alpha value is -4.58. The van der Waals surface area contributed by atoms with E-state index in [1.807, 2.05) is 43.2 Å². The zero-order valence-electron chi connectivity index (χ0n) is 28.8. The first-order valence-corrected chi connectivity index (χ1v) is 16.4. The molecular formula is C37H49N7O4. The second kappa shape index (κ2) is 20.6. The van der Waals surface area contributed by atoms with Crippen molar-refractivity contribution in [3.8, 4) is 0 Å². The van der Waals surface area contributed by atoms with E-state index in [1.54, 1.807) is 31.6 Å². The quantitative estimate of drug-likeness (QED) is 0.131. The smallest absolute Gasteiger partial charge is 0.229 e. The van der Waals surface area contributed by atoms with Crippen LogP contribution in [-0.4, -0.2) is 78.6 Å². The van der Waals surface area contributed by atoms with Crippen molar-refractivity contribution >= 4 is 41.3 Å². The zero-order valence-corrected chi connectivity index (χ0v) is 28.8. The van der Waals surface area contributed by atoms with E-state index in [1.165, 1.54) is 34.9 Å². The number of carbonyl (C=O) groups excluding carboxylic acids is 3. The number of rotatable bonds is 14. The molecule has 0 saturated carbocycles. The summed E-state index contributed by atoms with van der Waals surface area (Å²) in [5, 5.41) is 14.1. The fraction of sp³-hybridized carbons (Fsp3) is 0.405. The highest BCUT2D eigenvalue weighted by atomic mass is 16.5. The summed E-state index contributed by atoms with van der Waals surface area (Å²) < 4.78 is 7.52. The maximum Gasteiger partial charge on any atom is 0.229 e. The van der Waals surface area contributed by atoms with Gasteiger partial charge in [-0.2, -0.15) is 5.10 Å². The number of ether oxygens (including phenoxy) is 1. The second-order valence-electron chi connectivity index (χ2n) is 11.7. The summed E-state index contributed by atoms with van der Waals surface area (Å²) in [7, 11) is 5.67. The molecule has 0 saturated heterocycles. The summed E-state index contributed by atoms with van der Waals surface area (Å²) in [6, 6.07) is 9.83. The molecular weight excluding hydrogens is 606 g/mol. The molecule has 1 amide bonds. The van der Waals surface area contributed by atoms with Crippen LogP contribution in [0, 0.1) is 19.8 Å². The molecule has 1 aliphatic carbocycles. The maximum atomic E-state index is 12.6. The molecule has 0 radical (unpaired) electrons. The molecule has 1 aliphatic rings. The predicted octanol–water partition coefficient (Wildman–Crippen LogP) is 4.66. The summed E-state index contributed by atoms with van der Waals surface area (Å²) >= 11 is 0. The Balaban J connectivity index is 0.000000299. The molecule has 0 aliphatic heterocycles. The molecule has 0 bridgehead atoms. The first kappa shape index (κ1) is 37.9. The molecule has 3 N–H and O–H groups in total. The summed E-state index contributed by atoms with van der Waals surface area (Å²) in [5.74, 6) is 0.292. The number of nitrogens with zero attached hydrogens (tertiary/aromatic N) is 4. The third kappa shape index (κ3) is 12.2. The van der Waals surface area contributed by atoms with E-state index in [9.17, 15) is 14.4 Å². The number of aldehydes is 2. The highest BCUT2D eigenvalue weighted by Gasteiger charge is 2.28. The van der Waals surface area contributed by atoms with Crippen molar-refractivity contribution in [1.29, 1.82) is 0 Å². The number of likely N-dealkylation sites (N-methyl/N-ethyl adjacent to an activating group) is 1. The molecule has 11 nitrogen and oxygen atoms in total. The van der Waals surface area contributed by atoms with Crippen molar-refractivity contribution in [2.75, 3.05) is 45.7 Å². The van der Waals surface area contributed by atoms with Crippen molar-refractivity contribution < 1.29 is 19.1 Å². The number of nitrogens with one attached hydrogen (secondary N) is 3. The van der Waals surface area contributed by atoms with Gasteiger partial charge in [-0.05, 0) is 113 Å². The van der Waals surface area contributed by atoms with Crippen LogP contribution < -0.4 is 16.0 Å². The van der Waals surface area contributed by atoms with Crippen LogP contribution in [0.4, 0.5) is 5.82 Å². The highest BCUT2D eigenvalue weighted by Crippen LogP contribution is 2.27. The van der Waals surface area contributed by atoms with Crippen molar-refractivity contribution in [3.05, 3.63) is 88.5 Å². The largest absolute Gasteiger partial charge is 0.377 e. The lowest BCUT2D eigenvalue weighted by Crippen LogP contribution is -2.23. The van der Waals surface area contributed by atoms with Gasteiger partial charge in [0.05, 0.1) is 24.9 Å². The van der Waals surface area contributed by atoms with Crippen LogP contribution in [0.15, 0.2) is 55.0 Å². The molecule has 48 heavy (non-hydrogen) atoms. The fourth-order valence-corrected chi connectivity index (χ4v) is 5.42. The SMILES string of the molecule is CNCC=O.CNCCCCCOC/C=C/c1ccc(NC(=O)C2Cc3cnc(C=O)cc3C2)nc1.Cc1cc(C)c2c(cnn2C)c1. The lowest BCUT2D eigenvalue weighted by molar-refractivity contribution is -0.119. The number of pyridine rings is 2. The van der Waals surface area contributed by atoms with Crippen LogP contribution >= 0.6 is 0 Å². The van der Waals surface area contributed by atoms with Gasteiger partial charge in [-0.25, -0.2) is 4.98 Å². The first-order chi connectivity index (χ1) is 23.3. The predicted molar refractivity (Wildman–Crippen MR) is 191 cm³/mol. The summed E-state index contributed by atoms with van der Waals surface area (Å²) in [4.78, 5) is 41.2. The molecule has 1 unspecified atom stereocenters. The minimum atomic E-state index is -0.171. The normalized spacial score (nSPS) is 13.3. The standard InChI is InChI=1S/C24H30N4O3.C10H12N2.C3H7NO/c1-25-9-3-2-4-10-31-11-5-6-18-7-8-23(27-15-18)28-24(30)20-12-19-14-22(17-29)26-16-21(19)13-20;1-7-4-8(2)10-9(5-7)6-11-12(10)3;1-4-2-3-5/h5-8,14-17,20,25H,2-4,9-13H2,1H3,(H,27,28,30);4-6H,1-3H3;3-4H,2H2,1H3/b6-5+;;. The molecule has 5 rings (SSSR count). The van der Waals surface area contributed by atoms with Gasteiger partial charge in [0.2, 0.25) is 5.91 Å². The number of hydrogen-bond donors (Lipinski definition) is 3. The number of amides is 1. The number of fused-ring (bicyclic) bond motifs is 2. The minimum absolute atomic E-state index is 0.0669. The molecule has 256 valence electrons. The summed E-state index contributed by atoms with van der Waals surface area (Å²) in [5.41, 5.74) is 7.24. The topological polar surface area (TPSA) is 140 Å². The van der Waals surface area contributed by atoms with E-state index >= 15 is 0 Å². The summed E-state index contributed by atoms with van der Waals surface area (Å²) in [6.07, 6.45) is 15.5. The number of unbranched alkanes of at least 4 members (excludes halogenated alkanes) is 2. The van der Waals surface area contributed by atoms with Crippen LogP contribution in [-0.2, 0) is 34.2 Å². The molecule has 0 spiro atoms. The first-order valence-electron chi connectivity index (χ1n) is 16.4. The number of carbonyl (C=O) groups is 3. The van der Waals surface area contributed by atoms with Crippen LogP contribution in [0.2, 0.25) is 0 Å². The highest BCUT2D eigenvalue weighted by molar-refractivity contribution is 5.92. The van der Waals surface area contributed by atoms with Crippen molar-refractivity contribution in [2.24, 2.45) is 13.0 Å².